The minimum absolute atomic E-state index is 0.0250. The molecule has 1 N–H and O–H groups in total. The molecule has 0 spiro atoms. The Hall–Kier alpha value is -1.29. The largest absolute Gasteiger partial charge is 0.481 e. The first kappa shape index (κ1) is 11.2. The summed E-state index contributed by atoms with van der Waals surface area (Å²) in [5, 5.41) is 9.26. The van der Waals surface area contributed by atoms with Crippen LogP contribution in [-0.2, 0) is 15.0 Å². The highest BCUT2D eigenvalue weighted by Gasteiger charge is 2.51. The molecule has 2 rings (SSSR count). The number of carbonyl (C=O) groups excluding carboxylic acids is 1. The van der Waals surface area contributed by atoms with Crippen molar-refractivity contribution in [2.75, 3.05) is 6.26 Å². The molecule has 1 aromatic carbocycles. The van der Waals surface area contributed by atoms with E-state index >= 15 is 0 Å². The summed E-state index contributed by atoms with van der Waals surface area (Å²) in [5.74, 6) is -0.873. The second kappa shape index (κ2) is 3.94. The third kappa shape index (κ3) is 1.63. The molecule has 0 aliphatic heterocycles. The van der Waals surface area contributed by atoms with Crippen molar-refractivity contribution in [2.45, 2.75) is 23.2 Å². The van der Waals surface area contributed by atoms with Gasteiger partial charge < -0.3 is 5.11 Å². The molecule has 0 bridgehead atoms. The number of ketones is 1. The minimum atomic E-state index is -0.969. The number of hydrogen-bond acceptors (Lipinski definition) is 3. The van der Waals surface area contributed by atoms with Crippen LogP contribution in [0.5, 0.6) is 0 Å². The van der Waals surface area contributed by atoms with E-state index in [0.717, 1.165) is 10.5 Å². The summed E-state index contributed by atoms with van der Waals surface area (Å²) < 4.78 is 0. The number of hydrogen-bond donors (Lipinski definition) is 1. The van der Waals surface area contributed by atoms with Gasteiger partial charge in [-0.3, -0.25) is 9.59 Å². The quantitative estimate of drug-likeness (QED) is 0.816. The van der Waals surface area contributed by atoms with Crippen LogP contribution in [0.15, 0.2) is 29.2 Å². The van der Waals surface area contributed by atoms with Crippen molar-refractivity contribution >= 4 is 23.5 Å². The SMILES string of the molecule is CSc1cccc(C2(C(=O)O)CC(=O)C2)c1. The minimum Gasteiger partial charge on any atom is -0.481 e. The molecule has 1 aromatic rings. The molecule has 1 aliphatic carbocycles. The number of Topliss-reactive ketones (excluding diaryl/α,β-unsaturated/α-hetero) is 1. The number of carboxylic acids is 1. The van der Waals surface area contributed by atoms with E-state index in [4.69, 9.17) is 0 Å². The maximum Gasteiger partial charge on any atom is 0.315 e. The summed E-state index contributed by atoms with van der Waals surface area (Å²) in [7, 11) is 0. The van der Waals surface area contributed by atoms with Crippen LogP contribution in [0.1, 0.15) is 18.4 Å². The van der Waals surface area contributed by atoms with Gasteiger partial charge in [0.25, 0.3) is 0 Å². The van der Waals surface area contributed by atoms with Crippen molar-refractivity contribution in [1.29, 1.82) is 0 Å². The van der Waals surface area contributed by atoms with Crippen molar-refractivity contribution in [3.05, 3.63) is 29.8 Å². The van der Waals surface area contributed by atoms with Gasteiger partial charge in [0.1, 0.15) is 11.2 Å². The third-order valence-corrected chi connectivity index (χ3v) is 3.75. The Morgan fingerprint density at radius 1 is 1.44 bits per heavy atom. The summed E-state index contributed by atoms with van der Waals surface area (Å²) in [6.45, 7) is 0. The lowest BCUT2D eigenvalue weighted by Crippen LogP contribution is -2.48. The van der Waals surface area contributed by atoms with Crippen molar-refractivity contribution in [1.82, 2.24) is 0 Å². The van der Waals surface area contributed by atoms with E-state index in [9.17, 15) is 14.7 Å². The predicted octanol–water partition coefficient (Wildman–Crippen LogP) is 2.09. The topological polar surface area (TPSA) is 54.4 Å². The second-order valence-electron chi connectivity index (χ2n) is 4.01. The van der Waals surface area contributed by atoms with E-state index in [1.807, 2.05) is 24.5 Å². The van der Waals surface area contributed by atoms with Crippen LogP contribution in [0.25, 0.3) is 0 Å². The highest BCUT2D eigenvalue weighted by molar-refractivity contribution is 7.98. The molecule has 0 heterocycles. The maximum absolute atomic E-state index is 11.3. The van der Waals surface area contributed by atoms with Gasteiger partial charge in [-0.15, -0.1) is 11.8 Å². The highest BCUT2D eigenvalue weighted by Crippen LogP contribution is 2.42. The number of benzene rings is 1. The third-order valence-electron chi connectivity index (χ3n) is 3.03. The van der Waals surface area contributed by atoms with Crippen molar-refractivity contribution in [3.63, 3.8) is 0 Å². The fraction of sp³-hybridized carbons (Fsp3) is 0.333. The standard InChI is InChI=1S/C12H12O3S/c1-16-10-4-2-3-8(5-10)12(11(14)15)6-9(13)7-12/h2-5H,6-7H2,1H3,(H,14,15). The van der Waals surface area contributed by atoms with Crippen LogP contribution in [0.4, 0.5) is 0 Å². The monoisotopic (exact) mass is 236 g/mol. The maximum atomic E-state index is 11.3. The average molecular weight is 236 g/mol. The molecular weight excluding hydrogens is 224 g/mol. The summed E-state index contributed by atoms with van der Waals surface area (Å²) in [5.41, 5.74) is -0.227. The zero-order valence-corrected chi connectivity index (χ0v) is 9.71. The Morgan fingerprint density at radius 3 is 2.62 bits per heavy atom. The molecule has 4 heteroatoms. The van der Waals surface area contributed by atoms with E-state index in [2.05, 4.69) is 0 Å². The Labute approximate surface area is 97.9 Å². The average Bonchev–Trinajstić information content (AvgIpc) is 2.24. The normalized spacial score (nSPS) is 17.9. The zero-order valence-electron chi connectivity index (χ0n) is 8.90. The molecule has 84 valence electrons. The lowest BCUT2D eigenvalue weighted by molar-refractivity contribution is -0.153. The van der Waals surface area contributed by atoms with Crippen LogP contribution >= 0.6 is 11.8 Å². The Kier molecular flexibility index (Phi) is 2.76. The van der Waals surface area contributed by atoms with Crippen molar-refractivity contribution in [3.8, 4) is 0 Å². The lowest BCUT2D eigenvalue weighted by atomic mass is 9.64. The first-order valence-corrected chi connectivity index (χ1v) is 6.20. The van der Waals surface area contributed by atoms with Gasteiger partial charge in [-0.2, -0.15) is 0 Å². The highest BCUT2D eigenvalue weighted by atomic mass is 32.2. The molecule has 1 saturated carbocycles. The molecule has 0 amide bonds. The van der Waals surface area contributed by atoms with Gasteiger partial charge in [0.15, 0.2) is 0 Å². The van der Waals surface area contributed by atoms with E-state index in [-0.39, 0.29) is 18.6 Å². The van der Waals surface area contributed by atoms with Gasteiger partial charge in [-0.25, -0.2) is 0 Å². The number of thioether (sulfide) groups is 1. The van der Waals surface area contributed by atoms with Gasteiger partial charge in [0.2, 0.25) is 0 Å². The van der Waals surface area contributed by atoms with Gasteiger partial charge in [-0.1, -0.05) is 12.1 Å². The Balaban J connectivity index is 2.40. The van der Waals surface area contributed by atoms with Gasteiger partial charge in [-0.05, 0) is 24.0 Å². The van der Waals surface area contributed by atoms with Crippen LogP contribution in [0.3, 0.4) is 0 Å². The van der Waals surface area contributed by atoms with E-state index in [1.165, 1.54) is 0 Å². The van der Waals surface area contributed by atoms with Gasteiger partial charge >= 0.3 is 5.97 Å². The molecule has 0 saturated heterocycles. The van der Waals surface area contributed by atoms with Crippen molar-refractivity contribution < 1.29 is 14.7 Å². The molecule has 0 atom stereocenters. The molecule has 0 unspecified atom stereocenters. The fourth-order valence-corrected chi connectivity index (χ4v) is 2.48. The van der Waals surface area contributed by atoms with Crippen LogP contribution < -0.4 is 0 Å². The molecule has 3 nitrogen and oxygen atoms in total. The number of aliphatic carboxylic acids is 1. The summed E-state index contributed by atoms with van der Waals surface area (Å²) in [6, 6.07) is 7.43. The Bertz CT molecular complexity index is 445. The first-order valence-electron chi connectivity index (χ1n) is 4.98. The molecule has 1 fully saturated rings. The molecule has 1 aliphatic rings. The number of rotatable bonds is 3. The lowest BCUT2D eigenvalue weighted by Gasteiger charge is -2.36. The molecule has 0 aromatic heterocycles. The van der Waals surface area contributed by atoms with E-state index in [1.54, 1.807) is 17.8 Å². The summed E-state index contributed by atoms with van der Waals surface area (Å²) in [6.07, 6.45) is 2.19. The molecule has 0 radical (unpaired) electrons. The van der Waals surface area contributed by atoms with E-state index < -0.39 is 11.4 Å². The molecular formula is C12H12O3S. The first-order chi connectivity index (χ1) is 7.58. The summed E-state index contributed by atoms with van der Waals surface area (Å²) >= 11 is 1.57. The smallest absolute Gasteiger partial charge is 0.315 e. The fourth-order valence-electron chi connectivity index (χ4n) is 2.02. The van der Waals surface area contributed by atoms with Crippen LogP contribution in [0.2, 0.25) is 0 Å². The zero-order chi connectivity index (χ0) is 11.8. The number of carboxylic acid groups (broad SMARTS) is 1. The predicted molar refractivity (Wildman–Crippen MR) is 61.8 cm³/mol. The van der Waals surface area contributed by atoms with Crippen LogP contribution in [-0.4, -0.2) is 23.1 Å². The van der Waals surface area contributed by atoms with Crippen molar-refractivity contribution in [2.24, 2.45) is 0 Å². The summed E-state index contributed by atoms with van der Waals surface area (Å²) in [4.78, 5) is 23.4. The Morgan fingerprint density at radius 2 is 2.12 bits per heavy atom. The molecule has 16 heavy (non-hydrogen) atoms. The second-order valence-corrected chi connectivity index (χ2v) is 4.89. The number of carbonyl (C=O) groups is 2. The van der Waals surface area contributed by atoms with Crippen LogP contribution in [0, 0.1) is 0 Å². The van der Waals surface area contributed by atoms with Gasteiger partial charge in [0.05, 0.1) is 0 Å². The van der Waals surface area contributed by atoms with Gasteiger partial charge in [0, 0.05) is 17.7 Å². The van der Waals surface area contributed by atoms with E-state index in [0.29, 0.717) is 0 Å².